The number of amides is 1. The first kappa shape index (κ1) is 12.9. The molecule has 0 aliphatic rings. The second kappa shape index (κ2) is 8.05. The fourth-order valence-electron chi connectivity index (χ4n) is 1.30. The third kappa shape index (κ3) is 5.66. The first-order valence-electron chi connectivity index (χ1n) is 5.67. The van der Waals surface area contributed by atoms with Crippen LogP contribution in [0.15, 0.2) is 21.9 Å². The summed E-state index contributed by atoms with van der Waals surface area (Å²) in [5, 5.41) is 7.86. The summed E-state index contributed by atoms with van der Waals surface area (Å²) in [7, 11) is 0. The van der Waals surface area contributed by atoms with Crippen LogP contribution >= 0.6 is 11.3 Å². The number of carbonyl (C=O) groups excluding carboxylic acids is 1. The molecule has 0 spiro atoms. The summed E-state index contributed by atoms with van der Waals surface area (Å²) in [6.45, 7) is 2.16. The summed E-state index contributed by atoms with van der Waals surface area (Å²) in [6, 6.07) is 1.96. The SMILES string of the molecule is CCCCCCC(=O)NN=Cc1ccsc1. The maximum atomic E-state index is 11.3. The van der Waals surface area contributed by atoms with Gasteiger partial charge in [0.2, 0.25) is 5.91 Å². The maximum absolute atomic E-state index is 11.3. The molecule has 0 radical (unpaired) electrons. The number of hydrogen-bond donors (Lipinski definition) is 1. The van der Waals surface area contributed by atoms with Crippen LogP contribution in [-0.4, -0.2) is 12.1 Å². The first-order chi connectivity index (χ1) is 7.83. The molecule has 16 heavy (non-hydrogen) atoms. The van der Waals surface area contributed by atoms with Crippen LogP contribution in [-0.2, 0) is 4.79 Å². The fourth-order valence-corrected chi connectivity index (χ4v) is 1.91. The van der Waals surface area contributed by atoms with Crippen molar-refractivity contribution in [1.29, 1.82) is 0 Å². The zero-order valence-electron chi connectivity index (χ0n) is 9.61. The van der Waals surface area contributed by atoms with Gasteiger partial charge in [0.15, 0.2) is 0 Å². The van der Waals surface area contributed by atoms with Gasteiger partial charge in [-0.05, 0) is 23.2 Å². The van der Waals surface area contributed by atoms with Gasteiger partial charge in [-0.2, -0.15) is 16.4 Å². The van der Waals surface area contributed by atoms with Crippen molar-refractivity contribution in [1.82, 2.24) is 5.43 Å². The van der Waals surface area contributed by atoms with Crippen LogP contribution < -0.4 is 5.43 Å². The van der Waals surface area contributed by atoms with Crippen LogP contribution in [0, 0.1) is 0 Å². The fraction of sp³-hybridized carbons (Fsp3) is 0.500. The van der Waals surface area contributed by atoms with Crippen LogP contribution in [0.5, 0.6) is 0 Å². The van der Waals surface area contributed by atoms with E-state index < -0.39 is 0 Å². The van der Waals surface area contributed by atoms with Gasteiger partial charge >= 0.3 is 0 Å². The lowest BCUT2D eigenvalue weighted by Crippen LogP contribution is -2.16. The van der Waals surface area contributed by atoms with E-state index in [0.29, 0.717) is 6.42 Å². The lowest BCUT2D eigenvalue weighted by atomic mass is 10.1. The molecule has 0 unspecified atom stereocenters. The minimum Gasteiger partial charge on any atom is -0.273 e. The van der Waals surface area contributed by atoms with Crippen molar-refractivity contribution in [3.63, 3.8) is 0 Å². The second-order valence-electron chi connectivity index (χ2n) is 3.66. The molecule has 1 N–H and O–H groups in total. The molecule has 1 heterocycles. The van der Waals surface area contributed by atoms with Gasteiger partial charge in [0.05, 0.1) is 6.21 Å². The summed E-state index contributed by atoms with van der Waals surface area (Å²) < 4.78 is 0. The second-order valence-corrected chi connectivity index (χ2v) is 4.44. The Labute approximate surface area is 101 Å². The van der Waals surface area contributed by atoms with Crippen molar-refractivity contribution >= 4 is 23.5 Å². The van der Waals surface area contributed by atoms with Crippen LogP contribution in [0.25, 0.3) is 0 Å². The summed E-state index contributed by atoms with van der Waals surface area (Å²) in [4.78, 5) is 11.3. The van der Waals surface area contributed by atoms with Gasteiger partial charge in [0.1, 0.15) is 0 Å². The van der Waals surface area contributed by atoms with Crippen molar-refractivity contribution in [3.8, 4) is 0 Å². The average Bonchev–Trinajstić information content (AvgIpc) is 2.77. The van der Waals surface area contributed by atoms with E-state index in [9.17, 15) is 4.79 Å². The molecule has 0 bridgehead atoms. The molecule has 0 saturated carbocycles. The van der Waals surface area contributed by atoms with Gasteiger partial charge in [-0.25, -0.2) is 5.43 Å². The molecule has 88 valence electrons. The van der Waals surface area contributed by atoms with Crippen LogP contribution in [0.3, 0.4) is 0 Å². The number of unbranched alkanes of at least 4 members (excludes halogenated alkanes) is 3. The number of nitrogens with one attached hydrogen (secondary N) is 1. The molecule has 3 nitrogen and oxygen atoms in total. The highest BCUT2D eigenvalue weighted by atomic mass is 32.1. The van der Waals surface area contributed by atoms with Crippen molar-refractivity contribution in [2.75, 3.05) is 0 Å². The van der Waals surface area contributed by atoms with Crippen molar-refractivity contribution < 1.29 is 4.79 Å². The van der Waals surface area contributed by atoms with Crippen molar-refractivity contribution in [3.05, 3.63) is 22.4 Å². The number of thiophene rings is 1. The molecule has 4 heteroatoms. The summed E-state index contributed by atoms with van der Waals surface area (Å²) in [5.74, 6) is 0.00239. The molecule has 1 amide bonds. The lowest BCUT2D eigenvalue weighted by molar-refractivity contribution is -0.121. The van der Waals surface area contributed by atoms with E-state index in [1.165, 1.54) is 12.8 Å². The summed E-state index contributed by atoms with van der Waals surface area (Å²) in [5.41, 5.74) is 3.56. The largest absolute Gasteiger partial charge is 0.273 e. The highest BCUT2D eigenvalue weighted by Gasteiger charge is 1.98. The van der Waals surface area contributed by atoms with Gasteiger partial charge in [-0.3, -0.25) is 4.79 Å². The zero-order valence-corrected chi connectivity index (χ0v) is 10.4. The Bertz CT molecular complexity index is 320. The Morgan fingerprint density at radius 1 is 1.50 bits per heavy atom. The third-order valence-corrected chi connectivity index (χ3v) is 2.90. The predicted octanol–water partition coefficient (Wildman–Crippen LogP) is 3.17. The summed E-state index contributed by atoms with van der Waals surface area (Å²) >= 11 is 1.61. The van der Waals surface area contributed by atoms with E-state index in [0.717, 1.165) is 18.4 Å². The van der Waals surface area contributed by atoms with E-state index in [2.05, 4.69) is 17.5 Å². The van der Waals surface area contributed by atoms with Crippen LogP contribution in [0.4, 0.5) is 0 Å². The smallest absolute Gasteiger partial charge is 0.240 e. The molecule has 0 fully saturated rings. The minimum absolute atomic E-state index is 0.00239. The molecule has 0 atom stereocenters. The topological polar surface area (TPSA) is 41.5 Å². The Kier molecular flexibility index (Phi) is 6.49. The number of rotatable bonds is 7. The quantitative estimate of drug-likeness (QED) is 0.442. The highest BCUT2D eigenvalue weighted by molar-refractivity contribution is 7.08. The summed E-state index contributed by atoms with van der Waals surface area (Å²) in [6.07, 6.45) is 6.70. The van der Waals surface area contributed by atoms with E-state index in [1.54, 1.807) is 17.6 Å². The number of carbonyl (C=O) groups is 1. The molecule has 0 aliphatic carbocycles. The Morgan fingerprint density at radius 2 is 2.38 bits per heavy atom. The van der Waals surface area contributed by atoms with Crippen LogP contribution in [0.2, 0.25) is 0 Å². The van der Waals surface area contributed by atoms with Crippen LogP contribution in [0.1, 0.15) is 44.6 Å². The number of hydrazone groups is 1. The first-order valence-corrected chi connectivity index (χ1v) is 6.61. The Balaban J connectivity index is 2.10. The van der Waals surface area contributed by atoms with Gasteiger partial charge in [-0.15, -0.1) is 0 Å². The molecular formula is C12H18N2OS. The molecular weight excluding hydrogens is 220 g/mol. The normalized spacial score (nSPS) is 10.8. The molecule has 0 aromatic carbocycles. The van der Waals surface area contributed by atoms with E-state index in [4.69, 9.17) is 0 Å². The third-order valence-electron chi connectivity index (χ3n) is 2.20. The molecule has 1 aromatic heterocycles. The lowest BCUT2D eigenvalue weighted by Gasteiger charge is -1.98. The van der Waals surface area contributed by atoms with Gasteiger partial charge < -0.3 is 0 Å². The maximum Gasteiger partial charge on any atom is 0.240 e. The zero-order chi connectivity index (χ0) is 11.6. The standard InChI is InChI=1S/C12H18N2OS/c1-2-3-4-5-6-12(15)14-13-9-11-7-8-16-10-11/h7-10H,2-6H2,1H3,(H,14,15). The Morgan fingerprint density at radius 3 is 3.06 bits per heavy atom. The van der Waals surface area contributed by atoms with Crippen molar-refractivity contribution in [2.45, 2.75) is 39.0 Å². The predicted molar refractivity (Wildman–Crippen MR) is 68.8 cm³/mol. The number of hydrogen-bond acceptors (Lipinski definition) is 3. The molecule has 1 rings (SSSR count). The van der Waals surface area contributed by atoms with Gasteiger partial charge in [0.25, 0.3) is 0 Å². The monoisotopic (exact) mass is 238 g/mol. The number of nitrogens with zero attached hydrogens (tertiary/aromatic N) is 1. The van der Waals surface area contributed by atoms with Crippen molar-refractivity contribution in [2.24, 2.45) is 5.10 Å². The van der Waals surface area contributed by atoms with E-state index >= 15 is 0 Å². The molecule has 0 saturated heterocycles. The Hall–Kier alpha value is -1.16. The van der Waals surface area contributed by atoms with Gasteiger partial charge in [-0.1, -0.05) is 26.2 Å². The molecule has 0 aliphatic heterocycles. The molecule has 1 aromatic rings. The van der Waals surface area contributed by atoms with E-state index in [1.807, 2.05) is 16.8 Å². The average molecular weight is 238 g/mol. The van der Waals surface area contributed by atoms with Gasteiger partial charge in [0, 0.05) is 12.0 Å². The van der Waals surface area contributed by atoms with E-state index in [-0.39, 0.29) is 5.91 Å². The minimum atomic E-state index is 0.00239. The highest BCUT2D eigenvalue weighted by Crippen LogP contribution is 2.03.